The minimum atomic E-state index is -0.464. The number of halogens is 2. The highest BCUT2D eigenvalue weighted by Crippen LogP contribution is 2.26. The maximum atomic E-state index is 13.3. The summed E-state index contributed by atoms with van der Waals surface area (Å²) >= 11 is 5.84. The van der Waals surface area contributed by atoms with Crippen molar-refractivity contribution in [3.05, 3.63) is 59.1 Å². The van der Waals surface area contributed by atoms with Crippen LogP contribution in [-0.4, -0.2) is 19.6 Å². The van der Waals surface area contributed by atoms with Gasteiger partial charge in [-0.2, -0.15) is 0 Å². The van der Waals surface area contributed by atoms with Crippen molar-refractivity contribution in [2.24, 2.45) is 0 Å². The Kier molecular flexibility index (Phi) is 3.12. The molecule has 1 N–H and O–H groups in total. The molecule has 0 atom stereocenters. The molecule has 7 heteroatoms. The van der Waals surface area contributed by atoms with Gasteiger partial charge < -0.3 is 5.32 Å². The maximum absolute atomic E-state index is 13.3. The van der Waals surface area contributed by atoms with Gasteiger partial charge in [0.1, 0.15) is 11.6 Å². The van der Waals surface area contributed by atoms with Gasteiger partial charge in [-0.15, -0.1) is 10.2 Å². The quantitative estimate of drug-likeness (QED) is 0.601. The van der Waals surface area contributed by atoms with Gasteiger partial charge in [0.15, 0.2) is 5.65 Å². The Hall–Kier alpha value is -2.73. The number of aromatic nitrogens is 4. The average molecular weight is 328 g/mol. The van der Waals surface area contributed by atoms with E-state index in [4.69, 9.17) is 11.6 Å². The third-order valence-electron chi connectivity index (χ3n) is 3.58. The fourth-order valence-electron chi connectivity index (χ4n) is 2.50. The van der Waals surface area contributed by atoms with E-state index in [2.05, 4.69) is 20.5 Å². The maximum Gasteiger partial charge on any atom is 0.215 e. The number of rotatable bonds is 2. The van der Waals surface area contributed by atoms with Crippen LogP contribution in [0.5, 0.6) is 0 Å². The zero-order valence-corrected chi connectivity index (χ0v) is 12.8. The summed E-state index contributed by atoms with van der Waals surface area (Å²) in [6.07, 6.45) is 0. The number of hydrogen-bond acceptors (Lipinski definition) is 4. The smallest absolute Gasteiger partial charge is 0.215 e. The Morgan fingerprint density at radius 2 is 1.96 bits per heavy atom. The molecule has 0 amide bonds. The Morgan fingerprint density at radius 3 is 2.78 bits per heavy atom. The van der Waals surface area contributed by atoms with Crippen molar-refractivity contribution >= 4 is 39.8 Å². The van der Waals surface area contributed by atoms with E-state index in [0.29, 0.717) is 23.1 Å². The summed E-state index contributed by atoms with van der Waals surface area (Å²) in [7, 11) is 0. The highest BCUT2D eigenvalue weighted by molar-refractivity contribution is 6.31. The van der Waals surface area contributed by atoms with Crippen LogP contribution >= 0.6 is 11.6 Å². The predicted molar refractivity (Wildman–Crippen MR) is 87.7 cm³/mol. The normalized spacial score (nSPS) is 11.3. The van der Waals surface area contributed by atoms with Crippen LogP contribution in [0.15, 0.2) is 42.5 Å². The topological polar surface area (TPSA) is 55.1 Å². The van der Waals surface area contributed by atoms with Crippen molar-refractivity contribution in [3.8, 4) is 0 Å². The van der Waals surface area contributed by atoms with Crippen LogP contribution < -0.4 is 5.32 Å². The van der Waals surface area contributed by atoms with E-state index < -0.39 is 5.82 Å². The van der Waals surface area contributed by atoms with Crippen LogP contribution in [0.2, 0.25) is 5.02 Å². The SMILES string of the molecule is Cc1nnc2c3ccccc3nc(Nc3ccc(F)c(Cl)c3)n12. The van der Waals surface area contributed by atoms with Gasteiger partial charge in [-0.05, 0) is 37.3 Å². The van der Waals surface area contributed by atoms with Gasteiger partial charge in [0.05, 0.1) is 10.5 Å². The second-order valence-corrected chi connectivity index (χ2v) is 5.52. The molecule has 2 heterocycles. The lowest BCUT2D eigenvalue weighted by Crippen LogP contribution is -2.04. The molecular formula is C16H11ClFN5. The molecule has 0 saturated heterocycles. The molecule has 23 heavy (non-hydrogen) atoms. The Balaban J connectivity index is 1.93. The van der Waals surface area contributed by atoms with Crippen LogP contribution in [0.4, 0.5) is 16.0 Å². The van der Waals surface area contributed by atoms with Crippen LogP contribution in [0.25, 0.3) is 16.6 Å². The second-order valence-electron chi connectivity index (χ2n) is 5.11. The summed E-state index contributed by atoms with van der Waals surface area (Å²) < 4.78 is 15.1. The first-order valence-corrected chi connectivity index (χ1v) is 7.34. The number of benzene rings is 2. The van der Waals surface area contributed by atoms with E-state index in [9.17, 15) is 4.39 Å². The molecule has 5 nitrogen and oxygen atoms in total. The summed E-state index contributed by atoms with van der Waals surface area (Å²) in [5.74, 6) is 0.784. The molecule has 114 valence electrons. The van der Waals surface area contributed by atoms with Crippen LogP contribution in [-0.2, 0) is 0 Å². The third-order valence-corrected chi connectivity index (χ3v) is 3.87. The van der Waals surface area contributed by atoms with E-state index in [1.54, 1.807) is 6.07 Å². The molecule has 0 saturated carbocycles. The van der Waals surface area contributed by atoms with E-state index >= 15 is 0 Å². The van der Waals surface area contributed by atoms with Gasteiger partial charge in [-0.1, -0.05) is 23.7 Å². The molecule has 0 spiro atoms. The van der Waals surface area contributed by atoms with E-state index in [1.807, 2.05) is 35.6 Å². The highest BCUT2D eigenvalue weighted by atomic mass is 35.5. The van der Waals surface area contributed by atoms with Gasteiger partial charge in [0, 0.05) is 11.1 Å². The summed E-state index contributed by atoms with van der Waals surface area (Å²) in [5, 5.41) is 12.5. The van der Waals surface area contributed by atoms with Crippen molar-refractivity contribution in [1.29, 1.82) is 0 Å². The van der Waals surface area contributed by atoms with Gasteiger partial charge in [-0.25, -0.2) is 13.8 Å². The molecule has 2 aromatic carbocycles. The summed E-state index contributed by atoms with van der Waals surface area (Å²) in [6.45, 7) is 1.85. The Labute approximate surface area is 135 Å². The molecule has 0 aliphatic rings. The van der Waals surface area contributed by atoms with Gasteiger partial charge in [-0.3, -0.25) is 0 Å². The lowest BCUT2D eigenvalue weighted by Gasteiger charge is -2.11. The first-order chi connectivity index (χ1) is 11.1. The number of aryl methyl sites for hydroxylation is 1. The first kappa shape index (κ1) is 13.9. The third kappa shape index (κ3) is 2.27. The lowest BCUT2D eigenvalue weighted by molar-refractivity contribution is 0.628. The zero-order valence-electron chi connectivity index (χ0n) is 12.1. The number of hydrogen-bond donors (Lipinski definition) is 1. The molecule has 0 unspecified atom stereocenters. The minimum Gasteiger partial charge on any atom is -0.325 e. The van der Waals surface area contributed by atoms with Crippen molar-refractivity contribution < 1.29 is 4.39 Å². The molecule has 0 radical (unpaired) electrons. The summed E-state index contributed by atoms with van der Waals surface area (Å²) in [4.78, 5) is 4.62. The van der Waals surface area contributed by atoms with E-state index in [0.717, 1.165) is 10.9 Å². The van der Waals surface area contributed by atoms with Crippen molar-refractivity contribution in [1.82, 2.24) is 19.6 Å². The molecule has 0 aliphatic carbocycles. The fourth-order valence-corrected chi connectivity index (χ4v) is 2.68. The molecule has 2 aromatic heterocycles. The standard InChI is InChI=1S/C16H11ClFN5/c1-9-21-22-15-11-4-2-3-5-14(11)20-16(23(9)15)19-10-6-7-13(18)12(17)8-10/h2-8H,1H3,(H,19,20). The lowest BCUT2D eigenvalue weighted by atomic mass is 10.2. The van der Waals surface area contributed by atoms with Crippen LogP contribution in [0.1, 0.15) is 5.82 Å². The average Bonchev–Trinajstić information content (AvgIpc) is 2.94. The van der Waals surface area contributed by atoms with E-state index in [-0.39, 0.29) is 5.02 Å². The van der Waals surface area contributed by atoms with Crippen molar-refractivity contribution in [2.75, 3.05) is 5.32 Å². The summed E-state index contributed by atoms with van der Waals surface area (Å²) in [6, 6.07) is 12.1. The Bertz CT molecular complexity index is 1040. The highest BCUT2D eigenvalue weighted by Gasteiger charge is 2.13. The molecule has 0 bridgehead atoms. The minimum absolute atomic E-state index is 0.0486. The summed E-state index contributed by atoms with van der Waals surface area (Å²) in [5.41, 5.74) is 2.14. The van der Waals surface area contributed by atoms with Crippen LogP contribution in [0.3, 0.4) is 0 Å². The number of fused-ring (bicyclic) bond motifs is 3. The van der Waals surface area contributed by atoms with Gasteiger partial charge in [0.2, 0.25) is 5.95 Å². The largest absolute Gasteiger partial charge is 0.325 e. The molecule has 0 aliphatic heterocycles. The molecular weight excluding hydrogens is 317 g/mol. The van der Waals surface area contributed by atoms with Crippen molar-refractivity contribution in [3.63, 3.8) is 0 Å². The second kappa shape index (κ2) is 5.17. The number of para-hydroxylation sites is 1. The van der Waals surface area contributed by atoms with Crippen LogP contribution in [0, 0.1) is 12.7 Å². The first-order valence-electron chi connectivity index (χ1n) is 6.96. The van der Waals surface area contributed by atoms with Gasteiger partial charge in [0.25, 0.3) is 0 Å². The predicted octanol–water partition coefficient (Wildman–Crippen LogP) is 4.12. The van der Waals surface area contributed by atoms with Crippen molar-refractivity contribution in [2.45, 2.75) is 6.92 Å². The monoisotopic (exact) mass is 327 g/mol. The number of nitrogens with zero attached hydrogens (tertiary/aromatic N) is 4. The number of nitrogens with one attached hydrogen (secondary N) is 1. The van der Waals surface area contributed by atoms with E-state index in [1.165, 1.54) is 12.1 Å². The zero-order chi connectivity index (χ0) is 16.0. The molecule has 4 rings (SSSR count). The van der Waals surface area contributed by atoms with Gasteiger partial charge >= 0.3 is 0 Å². The Morgan fingerprint density at radius 1 is 1.13 bits per heavy atom. The molecule has 4 aromatic rings. The fraction of sp³-hybridized carbons (Fsp3) is 0.0625. The number of anilines is 2. The molecule has 0 fully saturated rings.